The van der Waals surface area contributed by atoms with Gasteiger partial charge in [0.2, 0.25) is 0 Å². The summed E-state index contributed by atoms with van der Waals surface area (Å²) in [5.41, 5.74) is 1.19. The maximum atomic E-state index is 6.06. The van der Waals surface area contributed by atoms with E-state index < -0.39 is 0 Å². The molecule has 3 heteroatoms. The summed E-state index contributed by atoms with van der Waals surface area (Å²) in [5.74, 6) is 0.772. The zero-order chi connectivity index (χ0) is 11.5. The minimum Gasteiger partial charge on any atom is -0.369 e. The van der Waals surface area contributed by atoms with Crippen LogP contribution in [-0.2, 0) is 4.74 Å². The molecule has 0 spiro atoms. The molecule has 1 fully saturated rings. The Hall–Kier alpha value is -0.0500. The molecule has 2 atom stereocenters. The zero-order valence-electron chi connectivity index (χ0n) is 9.33. The monoisotopic (exact) mass is 302 g/mol. The van der Waals surface area contributed by atoms with Gasteiger partial charge in [-0.1, -0.05) is 39.7 Å². The molecule has 0 aliphatic heterocycles. The van der Waals surface area contributed by atoms with Crippen LogP contribution in [0.3, 0.4) is 0 Å². The van der Waals surface area contributed by atoms with E-state index in [4.69, 9.17) is 16.3 Å². The van der Waals surface area contributed by atoms with Crippen molar-refractivity contribution < 1.29 is 4.74 Å². The van der Waals surface area contributed by atoms with E-state index in [9.17, 15) is 0 Å². The molecule has 16 heavy (non-hydrogen) atoms. The minimum absolute atomic E-state index is 0.132. The Morgan fingerprint density at radius 2 is 2.00 bits per heavy atom. The summed E-state index contributed by atoms with van der Waals surface area (Å²) in [6.07, 6.45) is 3.12. The molecular weight excluding hydrogens is 287 g/mol. The second-order valence-electron chi connectivity index (χ2n) is 4.37. The summed E-state index contributed by atoms with van der Waals surface area (Å²) in [7, 11) is 0. The number of hydrogen-bond acceptors (Lipinski definition) is 1. The van der Waals surface area contributed by atoms with Crippen molar-refractivity contribution in [2.45, 2.75) is 32.0 Å². The average molecular weight is 304 g/mol. The summed E-state index contributed by atoms with van der Waals surface area (Å²) >= 11 is 9.38. The number of alkyl halides is 1. The molecule has 0 amide bonds. The fraction of sp³-hybridized carbons (Fsp3) is 0.538. The largest absolute Gasteiger partial charge is 0.369 e. The van der Waals surface area contributed by atoms with Gasteiger partial charge in [0, 0.05) is 10.4 Å². The Kier molecular flexibility index (Phi) is 4.28. The van der Waals surface area contributed by atoms with E-state index in [0.717, 1.165) is 16.3 Å². The van der Waals surface area contributed by atoms with Crippen molar-refractivity contribution in [3.8, 4) is 0 Å². The van der Waals surface area contributed by atoms with Gasteiger partial charge < -0.3 is 4.74 Å². The molecule has 1 saturated carbocycles. The lowest BCUT2D eigenvalue weighted by atomic mass is 10.1. The highest BCUT2D eigenvalue weighted by molar-refractivity contribution is 9.09. The summed E-state index contributed by atoms with van der Waals surface area (Å²) in [6.45, 7) is 2.17. The lowest BCUT2D eigenvalue weighted by Gasteiger charge is -2.21. The Balaban J connectivity index is 2.00. The van der Waals surface area contributed by atoms with Gasteiger partial charge in [0.15, 0.2) is 0 Å². The molecule has 1 nitrogen and oxygen atoms in total. The molecule has 0 radical (unpaired) electrons. The molecule has 1 aromatic carbocycles. The lowest BCUT2D eigenvalue weighted by Crippen LogP contribution is -2.16. The Morgan fingerprint density at radius 3 is 2.50 bits per heavy atom. The standard InChI is InChI=1S/C13H16BrClO/c1-9(10-2-3-10)16-13(8-14)11-4-6-12(15)7-5-11/h4-7,9-10,13H,2-3,8H2,1H3. The molecule has 1 aromatic rings. The van der Waals surface area contributed by atoms with Crippen LogP contribution in [0.4, 0.5) is 0 Å². The molecule has 0 saturated heterocycles. The molecule has 0 N–H and O–H groups in total. The van der Waals surface area contributed by atoms with Crippen LogP contribution in [0, 0.1) is 5.92 Å². The molecule has 0 aromatic heterocycles. The van der Waals surface area contributed by atoms with Crippen molar-refractivity contribution in [1.29, 1.82) is 0 Å². The molecule has 88 valence electrons. The smallest absolute Gasteiger partial charge is 0.0925 e. The summed E-state index contributed by atoms with van der Waals surface area (Å²) in [4.78, 5) is 0. The molecule has 1 aliphatic carbocycles. The lowest BCUT2D eigenvalue weighted by molar-refractivity contribution is -0.00151. The predicted octanol–water partition coefficient (Wildman–Crippen LogP) is 4.59. The van der Waals surface area contributed by atoms with Gasteiger partial charge in [-0.15, -0.1) is 0 Å². The van der Waals surface area contributed by atoms with Gasteiger partial charge in [-0.3, -0.25) is 0 Å². The van der Waals surface area contributed by atoms with Gasteiger partial charge >= 0.3 is 0 Å². The van der Waals surface area contributed by atoms with Crippen LogP contribution in [0.15, 0.2) is 24.3 Å². The number of rotatable bonds is 5. The quantitative estimate of drug-likeness (QED) is 0.723. The molecule has 0 bridgehead atoms. The minimum atomic E-state index is 0.132. The number of ether oxygens (including phenoxy) is 1. The number of halogens is 2. The topological polar surface area (TPSA) is 9.23 Å². The maximum Gasteiger partial charge on any atom is 0.0925 e. The Labute approximate surface area is 110 Å². The second-order valence-corrected chi connectivity index (χ2v) is 5.46. The SMILES string of the molecule is CC(OC(CBr)c1ccc(Cl)cc1)C1CC1. The van der Waals surface area contributed by atoms with Crippen LogP contribution < -0.4 is 0 Å². The summed E-state index contributed by atoms with van der Waals surface area (Å²) in [6, 6.07) is 7.90. The average Bonchev–Trinajstić information content (AvgIpc) is 3.11. The third-order valence-electron chi connectivity index (χ3n) is 3.05. The first-order valence-electron chi connectivity index (χ1n) is 5.67. The van der Waals surface area contributed by atoms with Gasteiger partial charge in [-0.2, -0.15) is 0 Å². The first-order valence-corrected chi connectivity index (χ1v) is 7.17. The highest BCUT2D eigenvalue weighted by Gasteiger charge is 2.30. The first kappa shape index (κ1) is 12.4. The zero-order valence-corrected chi connectivity index (χ0v) is 11.7. The van der Waals surface area contributed by atoms with Crippen molar-refractivity contribution in [2.24, 2.45) is 5.92 Å². The van der Waals surface area contributed by atoms with Gasteiger partial charge in [0.1, 0.15) is 0 Å². The van der Waals surface area contributed by atoms with E-state index in [1.54, 1.807) is 0 Å². The van der Waals surface area contributed by atoms with Crippen LogP contribution in [0.25, 0.3) is 0 Å². The van der Waals surface area contributed by atoms with Crippen LogP contribution in [0.5, 0.6) is 0 Å². The van der Waals surface area contributed by atoms with Gasteiger partial charge in [-0.05, 0) is 43.4 Å². The van der Waals surface area contributed by atoms with Crippen molar-refractivity contribution in [3.63, 3.8) is 0 Å². The van der Waals surface area contributed by atoms with E-state index in [2.05, 4.69) is 22.9 Å². The molecule has 1 aliphatic rings. The molecule has 2 rings (SSSR count). The second kappa shape index (κ2) is 5.52. The molecule has 0 heterocycles. The van der Waals surface area contributed by atoms with Crippen molar-refractivity contribution in [2.75, 3.05) is 5.33 Å². The van der Waals surface area contributed by atoms with E-state index in [1.807, 2.05) is 24.3 Å². The van der Waals surface area contributed by atoms with E-state index in [-0.39, 0.29) is 6.10 Å². The maximum absolute atomic E-state index is 6.06. The Morgan fingerprint density at radius 1 is 1.38 bits per heavy atom. The fourth-order valence-corrected chi connectivity index (χ4v) is 2.47. The van der Waals surface area contributed by atoms with Crippen LogP contribution >= 0.6 is 27.5 Å². The normalized spacial score (nSPS) is 19.4. The third kappa shape index (κ3) is 3.22. The van der Waals surface area contributed by atoms with Crippen molar-refractivity contribution in [1.82, 2.24) is 0 Å². The molecule has 2 unspecified atom stereocenters. The van der Waals surface area contributed by atoms with E-state index in [0.29, 0.717) is 6.10 Å². The van der Waals surface area contributed by atoms with Crippen LogP contribution in [0.2, 0.25) is 5.02 Å². The van der Waals surface area contributed by atoms with Crippen molar-refractivity contribution in [3.05, 3.63) is 34.9 Å². The van der Waals surface area contributed by atoms with Gasteiger partial charge in [0.25, 0.3) is 0 Å². The highest BCUT2D eigenvalue weighted by atomic mass is 79.9. The highest BCUT2D eigenvalue weighted by Crippen LogP contribution is 2.36. The van der Waals surface area contributed by atoms with Gasteiger partial charge in [-0.25, -0.2) is 0 Å². The number of benzene rings is 1. The fourth-order valence-electron chi connectivity index (χ4n) is 1.82. The number of hydrogen-bond donors (Lipinski definition) is 0. The third-order valence-corrected chi connectivity index (χ3v) is 3.89. The van der Waals surface area contributed by atoms with Crippen molar-refractivity contribution >= 4 is 27.5 Å². The van der Waals surface area contributed by atoms with Crippen LogP contribution in [-0.4, -0.2) is 11.4 Å². The summed E-state index contributed by atoms with van der Waals surface area (Å²) < 4.78 is 6.06. The van der Waals surface area contributed by atoms with Crippen LogP contribution in [0.1, 0.15) is 31.4 Å². The first-order chi connectivity index (χ1) is 7.70. The Bertz CT molecular complexity index is 334. The van der Waals surface area contributed by atoms with Gasteiger partial charge in [0.05, 0.1) is 12.2 Å². The molecular formula is C13H16BrClO. The van der Waals surface area contributed by atoms with E-state index >= 15 is 0 Å². The van der Waals surface area contributed by atoms with E-state index in [1.165, 1.54) is 18.4 Å². The predicted molar refractivity (Wildman–Crippen MR) is 71.3 cm³/mol. The summed E-state index contributed by atoms with van der Waals surface area (Å²) in [5, 5.41) is 1.60.